The molecule has 2 aromatic rings. The van der Waals surface area contributed by atoms with Crippen LogP contribution in [0.15, 0.2) is 6.33 Å². The van der Waals surface area contributed by atoms with Gasteiger partial charge in [-0.2, -0.15) is 9.97 Å². The predicted octanol–water partition coefficient (Wildman–Crippen LogP) is 0.487. The van der Waals surface area contributed by atoms with E-state index in [9.17, 15) is 9.67 Å². The van der Waals surface area contributed by atoms with Crippen LogP contribution in [0.1, 0.15) is 18.9 Å². The molecule has 10 nitrogen and oxygen atoms in total. The van der Waals surface area contributed by atoms with Gasteiger partial charge < -0.3 is 25.2 Å². The van der Waals surface area contributed by atoms with Crippen LogP contribution in [-0.2, 0) is 9.09 Å². The third kappa shape index (κ3) is 2.77. The van der Waals surface area contributed by atoms with Crippen molar-refractivity contribution in [3.63, 3.8) is 0 Å². The molecule has 1 fully saturated rings. The second kappa shape index (κ2) is 5.89. The highest BCUT2D eigenvalue weighted by molar-refractivity contribution is 7.46. The summed E-state index contributed by atoms with van der Waals surface area (Å²) >= 11 is 5.90. The minimum absolute atomic E-state index is 0.0389. The fraction of sp³-hybridized carbons (Fsp3) is 0.500. The standard InChI is InChI=1S/C14H15ClN5O5P/c15-13-18-11(16)9-12(19-13)20(6-17-9)10-7-2-1-3-14(7,4-8(10)21)5-25-26(22,23)24/h6-8,10,21H,2,4-5H2,(H2,16,18,19)(H2,22,23,24)/t7-,8-,10-,14+/m1/s1. The Kier molecular flexibility index (Phi) is 4.00. The summed E-state index contributed by atoms with van der Waals surface area (Å²) in [7, 11) is -4.65. The molecule has 2 heterocycles. The number of phosphoric acid groups is 1. The molecule has 0 radical (unpaired) electrons. The Bertz CT molecular complexity index is 997. The summed E-state index contributed by atoms with van der Waals surface area (Å²) in [5, 5.41) is 10.6. The monoisotopic (exact) mass is 399 g/mol. The van der Waals surface area contributed by atoms with Crippen molar-refractivity contribution in [3.8, 4) is 11.8 Å². The molecule has 2 aliphatic carbocycles. The van der Waals surface area contributed by atoms with Crippen molar-refractivity contribution in [1.29, 1.82) is 0 Å². The molecule has 4 rings (SSSR count). The molecule has 0 aromatic carbocycles. The summed E-state index contributed by atoms with van der Waals surface area (Å²) in [6, 6.07) is -0.478. The van der Waals surface area contributed by atoms with E-state index in [1.165, 1.54) is 6.33 Å². The number of hydrogen-bond acceptors (Lipinski definition) is 7. The van der Waals surface area contributed by atoms with Crippen LogP contribution in [0.2, 0.25) is 5.28 Å². The highest BCUT2D eigenvalue weighted by atomic mass is 35.5. The summed E-state index contributed by atoms with van der Waals surface area (Å²) in [6.45, 7) is -0.271. The summed E-state index contributed by atoms with van der Waals surface area (Å²) in [5.74, 6) is 5.85. The van der Waals surface area contributed by atoms with Gasteiger partial charge in [-0.05, 0) is 18.0 Å². The third-order valence-corrected chi connectivity index (χ3v) is 5.62. The quantitative estimate of drug-likeness (QED) is 0.326. The number of halogens is 1. The van der Waals surface area contributed by atoms with Gasteiger partial charge in [-0.15, -0.1) is 5.92 Å². The first-order valence-corrected chi connectivity index (χ1v) is 9.65. The average Bonchev–Trinajstić information content (AvgIpc) is 3.17. The fourth-order valence-electron chi connectivity index (χ4n) is 3.95. The molecule has 0 saturated heterocycles. The minimum Gasteiger partial charge on any atom is -0.391 e. The summed E-state index contributed by atoms with van der Waals surface area (Å²) in [5.41, 5.74) is 5.71. The normalized spacial score (nSPS) is 30.4. The largest absolute Gasteiger partial charge is 0.469 e. The lowest BCUT2D eigenvalue weighted by atomic mass is 9.80. The predicted molar refractivity (Wildman–Crippen MR) is 90.7 cm³/mol. The van der Waals surface area contributed by atoms with Gasteiger partial charge in [0.25, 0.3) is 0 Å². The van der Waals surface area contributed by atoms with Crippen LogP contribution in [0.3, 0.4) is 0 Å². The maximum Gasteiger partial charge on any atom is 0.469 e. The smallest absolute Gasteiger partial charge is 0.391 e. The topological polar surface area (TPSA) is 157 Å². The lowest BCUT2D eigenvalue weighted by molar-refractivity contribution is 0.112. The van der Waals surface area contributed by atoms with Gasteiger partial charge in [0.15, 0.2) is 11.5 Å². The van der Waals surface area contributed by atoms with Crippen LogP contribution in [0.4, 0.5) is 5.82 Å². The first-order chi connectivity index (χ1) is 12.2. The maximum atomic E-state index is 11.1. The van der Waals surface area contributed by atoms with E-state index in [4.69, 9.17) is 31.6 Å². The van der Waals surface area contributed by atoms with Gasteiger partial charge in [-0.1, -0.05) is 5.92 Å². The Balaban J connectivity index is 1.74. The molecule has 12 heteroatoms. The second-order valence-electron chi connectivity index (χ2n) is 6.50. The lowest BCUT2D eigenvalue weighted by Gasteiger charge is -2.29. The van der Waals surface area contributed by atoms with Crippen LogP contribution in [0.5, 0.6) is 0 Å². The zero-order valence-corrected chi connectivity index (χ0v) is 14.9. The number of anilines is 1. The van der Waals surface area contributed by atoms with E-state index < -0.39 is 25.4 Å². The van der Waals surface area contributed by atoms with Gasteiger partial charge >= 0.3 is 7.82 Å². The van der Waals surface area contributed by atoms with Gasteiger partial charge in [-0.25, -0.2) is 9.55 Å². The van der Waals surface area contributed by atoms with Crippen molar-refractivity contribution in [2.24, 2.45) is 11.3 Å². The number of hydrogen-bond donors (Lipinski definition) is 4. The molecule has 5 N–H and O–H groups in total. The number of nitrogens with two attached hydrogens (primary N) is 1. The zero-order valence-electron chi connectivity index (χ0n) is 13.3. The number of aliphatic hydroxyl groups excluding tert-OH is 1. The molecular weight excluding hydrogens is 385 g/mol. The number of fused-ring (bicyclic) bond motifs is 2. The number of nitrogens with zero attached hydrogens (tertiary/aromatic N) is 4. The molecule has 2 aromatic heterocycles. The van der Waals surface area contributed by atoms with Crippen LogP contribution >= 0.6 is 19.4 Å². The van der Waals surface area contributed by atoms with Crippen LogP contribution in [-0.4, -0.2) is 47.1 Å². The van der Waals surface area contributed by atoms with Gasteiger partial charge in [0, 0.05) is 12.3 Å². The highest BCUT2D eigenvalue weighted by Crippen LogP contribution is 2.55. The van der Waals surface area contributed by atoms with Gasteiger partial charge in [0.2, 0.25) is 5.28 Å². The molecule has 1 saturated carbocycles. The molecule has 0 unspecified atom stereocenters. The Morgan fingerprint density at radius 2 is 2.27 bits per heavy atom. The van der Waals surface area contributed by atoms with Crippen LogP contribution in [0.25, 0.3) is 11.2 Å². The Morgan fingerprint density at radius 3 is 3.00 bits per heavy atom. The number of aromatic nitrogens is 4. The molecular formula is C14H15ClN5O5P. The fourth-order valence-corrected chi connectivity index (χ4v) is 4.52. The molecule has 4 atom stereocenters. The molecule has 0 bridgehead atoms. The van der Waals surface area contributed by atoms with Crippen molar-refractivity contribution < 1.29 is 24.0 Å². The molecule has 26 heavy (non-hydrogen) atoms. The SMILES string of the molecule is Nc1nc(Cl)nc2c1ncn2[C@H]1[C@H](O)C[C@]2(COP(=O)(O)O)C#CC[C@H]12. The molecule has 0 spiro atoms. The number of aliphatic hydroxyl groups is 1. The van der Waals surface area contributed by atoms with Crippen molar-refractivity contribution in [2.45, 2.75) is 25.0 Å². The lowest BCUT2D eigenvalue weighted by Crippen LogP contribution is -2.30. The average molecular weight is 400 g/mol. The van der Waals surface area contributed by atoms with Crippen molar-refractivity contribution in [1.82, 2.24) is 19.5 Å². The van der Waals surface area contributed by atoms with E-state index in [2.05, 4.69) is 26.8 Å². The minimum atomic E-state index is -4.65. The number of nitrogen functional groups attached to an aromatic ring is 1. The van der Waals surface area contributed by atoms with E-state index in [1.54, 1.807) is 4.57 Å². The van der Waals surface area contributed by atoms with Gasteiger partial charge in [-0.3, -0.25) is 4.52 Å². The first kappa shape index (κ1) is 17.7. The molecule has 0 aliphatic heterocycles. The van der Waals surface area contributed by atoms with E-state index in [0.29, 0.717) is 17.6 Å². The molecule has 0 amide bonds. The van der Waals surface area contributed by atoms with Crippen LogP contribution in [0, 0.1) is 23.2 Å². The summed E-state index contributed by atoms with van der Waals surface area (Å²) in [4.78, 5) is 30.3. The highest BCUT2D eigenvalue weighted by Gasteiger charge is 2.55. The maximum absolute atomic E-state index is 11.1. The van der Waals surface area contributed by atoms with Gasteiger partial charge in [0.05, 0.1) is 30.5 Å². The Hall–Kier alpha value is -1.73. The molecule has 138 valence electrons. The summed E-state index contributed by atoms with van der Waals surface area (Å²) in [6.07, 6.45) is 1.32. The van der Waals surface area contributed by atoms with Gasteiger partial charge in [0.1, 0.15) is 5.52 Å². The van der Waals surface area contributed by atoms with E-state index in [-0.39, 0.29) is 30.0 Å². The van der Waals surface area contributed by atoms with E-state index in [1.807, 2.05) is 0 Å². The number of imidazole rings is 1. The number of phosphoric ester groups is 1. The van der Waals surface area contributed by atoms with Crippen molar-refractivity contribution in [3.05, 3.63) is 11.6 Å². The van der Waals surface area contributed by atoms with Crippen molar-refractivity contribution >= 4 is 36.4 Å². The summed E-state index contributed by atoms with van der Waals surface area (Å²) < 4.78 is 17.5. The third-order valence-electron chi connectivity index (χ3n) is 4.98. The zero-order chi connectivity index (χ0) is 18.7. The number of rotatable bonds is 4. The second-order valence-corrected chi connectivity index (χ2v) is 8.07. The first-order valence-electron chi connectivity index (χ1n) is 7.74. The van der Waals surface area contributed by atoms with E-state index in [0.717, 1.165) is 0 Å². The molecule has 2 aliphatic rings. The van der Waals surface area contributed by atoms with Crippen LogP contribution < -0.4 is 5.73 Å². The Labute approximate surface area is 152 Å². The Morgan fingerprint density at radius 1 is 1.50 bits per heavy atom. The van der Waals surface area contributed by atoms with E-state index >= 15 is 0 Å². The van der Waals surface area contributed by atoms with Crippen molar-refractivity contribution in [2.75, 3.05) is 12.3 Å².